The quantitative estimate of drug-likeness (QED) is 0.480. The topological polar surface area (TPSA) is 38.3 Å². The summed E-state index contributed by atoms with van der Waals surface area (Å²) < 4.78 is 21.3. The molecule has 0 aliphatic rings. The van der Waals surface area contributed by atoms with Crippen LogP contribution in [0.1, 0.15) is 43.5 Å². The molecule has 0 heterocycles. The van der Waals surface area contributed by atoms with E-state index in [1.54, 1.807) is 7.11 Å². The van der Waals surface area contributed by atoms with Gasteiger partial charge in [-0.25, -0.2) is 8.93 Å². The zero-order valence-electron chi connectivity index (χ0n) is 19.0. The third-order valence-electron chi connectivity index (χ3n) is 4.79. The maximum Gasteiger partial charge on any atom is 0.118 e. The van der Waals surface area contributed by atoms with Gasteiger partial charge in [-0.05, 0) is 62.2 Å². The summed E-state index contributed by atoms with van der Waals surface area (Å²) in [7, 11) is 0.353. The Hall–Kier alpha value is -3.13. The van der Waals surface area contributed by atoms with Crippen LogP contribution in [-0.4, -0.2) is 16.1 Å². The average molecular weight is 444 g/mol. The van der Waals surface area contributed by atoms with Crippen LogP contribution >= 0.6 is 0 Å². The normalized spacial score (nSPS) is 13.6. The van der Waals surface area contributed by atoms with Crippen molar-refractivity contribution in [2.45, 2.75) is 31.6 Å². The third-order valence-corrected chi connectivity index (χ3v) is 6.35. The van der Waals surface area contributed by atoms with Crippen molar-refractivity contribution in [2.75, 3.05) is 7.11 Å². The molecule has 0 aromatic heterocycles. The fourth-order valence-corrected chi connectivity index (χ4v) is 3.81. The van der Waals surface area contributed by atoms with Gasteiger partial charge in [-0.3, -0.25) is 0 Å². The molecule has 0 saturated carbocycles. The highest BCUT2D eigenvalue weighted by Gasteiger charge is 2.25. The summed E-state index contributed by atoms with van der Waals surface area (Å²) in [5, 5.41) is 0. The summed E-state index contributed by atoms with van der Waals surface area (Å²) in [6.45, 7) is 5.87. The van der Waals surface area contributed by atoms with E-state index in [0.29, 0.717) is 0 Å². The molecule has 32 heavy (non-hydrogen) atoms. The van der Waals surface area contributed by atoms with Crippen LogP contribution in [0.2, 0.25) is 0 Å². The van der Waals surface area contributed by atoms with Gasteiger partial charge in [0.05, 0.1) is 28.9 Å². The number of benzene rings is 3. The number of ether oxygens (including phenoxy) is 1. The average Bonchev–Trinajstić information content (AvgIpc) is 2.81. The largest absolute Gasteiger partial charge is 0.497 e. The van der Waals surface area contributed by atoms with E-state index < -0.39 is 15.7 Å². The first-order valence-electron chi connectivity index (χ1n) is 10.5. The van der Waals surface area contributed by atoms with Gasteiger partial charge in [0.2, 0.25) is 0 Å². The van der Waals surface area contributed by atoms with Crippen LogP contribution in [0.15, 0.2) is 90.5 Å². The van der Waals surface area contributed by atoms with Crippen molar-refractivity contribution < 1.29 is 8.95 Å². The Bertz CT molecular complexity index is 1120. The Balaban J connectivity index is 2.11. The number of methoxy groups -OCH3 is 1. The van der Waals surface area contributed by atoms with E-state index in [4.69, 9.17) is 4.74 Å². The van der Waals surface area contributed by atoms with Crippen LogP contribution in [0.3, 0.4) is 0 Å². The molecular weight excluding hydrogens is 414 g/mol. The summed E-state index contributed by atoms with van der Waals surface area (Å²) in [6.07, 6.45) is 2.05. The molecule has 2 atom stereocenters. The molecule has 4 heteroatoms. The van der Waals surface area contributed by atoms with Gasteiger partial charge in [-0.15, -0.1) is 0 Å². The maximum absolute atomic E-state index is 13.1. The molecule has 0 spiro atoms. The van der Waals surface area contributed by atoms with Crippen LogP contribution in [0.4, 0.5) is 0 Å². The van der Waals surface area contributed by atoms with Crippen LogP contribution in [0.5, 0.6) is 5.75 Å². The second-order valence-electron chi connectivity index (χ2n) is 8.33. The van der Waals surface area contributed by atoms with E-state index in [9.17, 15) is 4.21 Å². The van der Waals surface area contributed by atoms with Crippen molar-refractivity contribution in [3.8, 4) is 17.6 Å². The first kappa shape index (κ1) is 23.5. The van der Waals surface area contributed by atoms with Crippen molar-refractivity contribution in [3.05, 3.63) is 107 Å². The van der Waals surface area contributed by atoms with Gasteiger partial charge >= 0.3 is 0 Å². The van der Waals surface area contributed by atoms with Gasteiger partial charge in [0.25, 0.3) is 0 Å². The van der Waals surface area contributed by atoms with E-state index in [-0.39, 0.29) is 6.04 Å². The maximum atomic E-state index is 13.1. The van der Waals surface area contributed by atoms with Crippen molar-refractivity contribution >= 4 is 17.1 Å². The highest BCUT2D eigenvalue weighted by Crippen LogP contribution is 2.27. The lowest BCUT2D eigenvalue weighted by Crippen LogP contribution is -2.36. The minimum Gasteiger partial charge on any atom is -0.497 e. The summed E-state index contributed by atoms with van der Waals surface area (Å²) in [5.41, 5.74) is 3.76. The molecule has 0 amide bonds. The van der Waals surface area contributed by atoms with E-state index in [1.165, 1.54) is 0 Å². The summed E-state index contributed by atoms with van der Waals surface area (Å²) in [4.78, 5) is 0. The molecule has 0 aliphatic carbocycles. The second kappa shape index (κ2) is 10.9. The number of hydrogen-bond donors (Lipinski definition) is 1. The molecule has 0 aliphatic heterocycles. The first-order valence-corrected chi connectivity index (χ1v) is 11.7. The monoisotopic (exact) mass is 443 g/mol. The van der Waals surface area contributed by atoms with Crippen molar-refractivity contribution in [3.63, 3.8) is 0 Å². The molecule has 1 unspecified atom stereocenters. The molecular formula is C28H29NO2S. The standard InChI is InChI=1S/C28H29NO2S/c1-28(2,3)32(30)29-27(24-17-19-26(31-4)20-18-24)25(21-23-13-9-6-10-14-23)16-15-22-11-7-5-8-12-22/h5-14,17-21,27,29H,1-4H3/b25-21+/t27-,32?/m1/s1. The smallest absolute Gasteiger partial charge is 0.118 e. The minimum atomic E-state index is -1.29. The Morgan fingerprint density at radius 1 is 0.938 bits per heavy atom. The SMILES string of the molecule is COc1ccc([C@@H](NS(=O)C(C)(C)C)/C(C#Cc2ccccc2)=C/c2ccccc2)cc1. The Kier molecular flexibility index (Phi) is 8.05. The molecule has 3 aromatic carbocycles. The molecule has 3 aromatic rings. The van der Waals surface area contributed by atoms with Crippen LogP contribution in [0, 0.1) is 11.8 Å². The lowest BCUT2D eigenvalue weighted by molar-refractivity contribution is 0.414. The fourth-order valence-electron chi connectivity index (χ4n) is 2.98. The van der Waals surface area contributed by atoms with Gasteiger partial charge in [0.1, 0.15) is 5.75 Å². The van der Waals surface area contributed by atoms with Crippen LogP contribution in [-0.2, 0) is 11.0 Å². The molecule has 3 rings (SSSR count). The van der Waals surface area contributed by atoms with Gasteiger partial charge in [0.15, 0.2) is 0 Å². The van der Waals surface area contributed by atoms with Gasteiger partial charge < -0.3 is 4.74 Å². The zero-order chi connectivity index (χ0) is 23.0. The van der Waals surface area contributed by atoms with Gasteiger partial charge in [0, 0.05) is 11.1 Å². The number of nitrogens with one attached hydrogen (secondary N) is 1. The highest BCUT2D eigenvalue weighted by atomic mass is 32.2. The molecule has 3 nitrogen and oxygen atoms in total. The predicted molar refractivity (Wildman–Crippen MR) is 135 cm³/mol. The predicted octanol–water partition coefficient (Wildman–Crippen LogP) is 5.92. The number of rotatable bonds is 6. The Labute approximate surface area is 194 Å². The lowest BCUT2D eigenvalue weighted by Gasteiger charge is -2.25. The third kappa shape index (κ3) is 6.68. The van der Waals surface area contributed by atoms with E-state index >= 15 is 0 Å². The minimum absolute atomic E-state index is 0.350. The van der Waals surface area contributed by atoms with Crippen molar-refractivity contribution in [1.29, 1.82) is 0 Å². The summed E-state index contributed by atoms with van der Waals surface area (Å²) >= 11 is 0. The van der Waals surface area contributed by atoms with E-state index in [0.717, 1.165) is 28.0 Å². The fraction of sp³-hybridized carbons (Fsp3) is 0.214. The Morgan fingerprint density at radius 2 is 1.53 bits per heavy atom. The van der Waals surface area contributed by atoms with Crippen molar-refractivity contribution in [1.82, 2.24) is 4.72 Å². The van der Waals surface area contributed by atoms with Gasteiger partial charge in [-0.1, -0.05) is 72.5 Å². The zero-order valence-corrected chi connectivity index (χ0v) is 19.8. The van der Waals surface area contributed by atoms with E-state index in [2.05, 4.69) is 22.6 Å². The van der Waals surface area contributed by atoms with E-state index in [1.807, 2.05) is 106 Å². The molecule has 1 N–H and O–H groups in total. The molecule has 0 bridgehead atoms. The molecule has 0 radical (unpaired) electrons. The molecule has 0 fully saturated rings. The number of hydrogen-bond acceptors (Lipinski definition) is 2. The summed E-state index contributed by atoms with van der Waals surface area (Å²) in [5.74, 6) is 7.39. The van der Waals surface area contributed by atoms with Crippen LogP contribution < -0.4 is 9.46 Å². The van der Waals surface area contributed by atoms with Crippen LogP contribution in [0.25, 0.3) is 6.08 Å². The van der Waals surface area contributed by atoms with Gasteiger partial charge in [-0.2, -0.15) is 0 Å². The van der Waals surface area contributed by atoms with Crippen molar-refractivity contribution in [2.24, 2.45) is 0 Å². The lowest BCUT2D eigenvalue weighted by atomic mass is 9.97. The second-order valence-corrected chi connectivity index (χ2v) is 10.3. The first-order chi connectivity index (χ1) is 15.4. The molecule has 164 valence electrons. The highest BCUT2D eigenvalue weighted by molar-refractivity contribution is 7.84. The summed E-state index contributed by atoms with van der Waals surface area (Å²) in [6, 6.07) is 27.4. The molecule has 0 saturated heterocycles. The Morgan fingerprint density at radius 3 is 2.09 bits per heavy atom.